The van der Waals surface area contributed by atoms with E-state index in [9.17, 15) is 4.79 Å². The molecule has 1 saturated heterocycles. The van der Waals surface area contributed by atoms with E-state index in [-0.39, 0.29) is 24.0 Å². The Morgan fingerprint density at radius 3 is 2.85 bits per heavy atom. The topological polar surface area (TPSA) is 72.3 Å². The van der Waals surface area contributed by atoms with Crippen LogP contribution in [0.25, 0.3) is 0 Å². The number of hydrogen-bond donors (Lipinski definition) is 2. The SMILES string of the molecule is CCC(N)C(c1cccc(C)c1)N1CCCC1C(N)=O. The molecule has 1 aliphatic rings. The monoisotopic (exact) mass is 275 g/mol. The summed E-state index contributed by atoms with van der Waals surface area (Å²) < 4.78 is 0. The number of nitrogens with two attached hydrogens (primary N) is 2. The van der Waals surface area contributed by atoms with E-state index < -0.39 is 0 Å². The van der Waals surface area contributed by atoms with Gasteiger partial charge in [0.1, 0.15) is 0 Å². The number of rotatable bonds is 5. The number of primary amides is 1. The lowest BCUT2D eigenvalue weighted by molar-refractivity contribution is -0.123. The third-order valence-electron chi connectivity index (χ3n) is 4.24. The van der Waals surface area contributed by atoms with Crippen molar-refractivity contribution in [3.8, 4) is 0 Å². The molecular formula is C16H25N3O. The van der Waals surface area contributed by atoms with Crippen LogP contribution in [0.4, 0.5) is 0 Å². The van der Waals surface area contributed by atoms with Crippen molar-refractivity contribution < 1.29 is 4.79 Å². The Morgan fingerprint density at radius 1 is 1.50 bits per heavy atom. The molecule has 20 heavy (non-hydrogen) atoms. The highest BCUT2D eigenvalue weighted by Crippen LogP contribution is 2.32. The van der Waals surface area contributed by atoms with Crippen molar-refractivity contribution in [2.75, 3.05) is 6.54 Å². The molecule has 0 bridgehead atoms. The zero-order chi connectivity index (χ0) is 14.7. The van der Waals surface area contributed by atoms with Crippen LogP contribution in [0.1, 0.15) is 43.4 Å². The molecule has 1 heterocycles. The van der Waals surface area contributed by atoms with Crippen LogP contribution in [-0.4, -0.2) is 29.4 Å². The molecule has 4 heteroatoms. The highest BCUT2D eigenvalue weighted by atomic mass is 16.1. The molecule has 2 rings (SSSR count). The Balaban J connectivity index is 2.35. The van der Waals surface area contributed by atoms with Gasteiger partial charge in [-0.3, -0.25) is 9.69 Å². The second-order valence-electron chi connectivity index (χ2n) is 5.73. The van der Waals surface area contributed by atoms with E-state index in [1.54, 1.807) is 0 Å². The van der Waals surface area contributed by atoms with Crippen LogP contribution in [0.15, 0.2) is 24.3 Å². The van der Waals surface area contributed by atoms with Gasteiger partial charge in [0.15, 0.2) is 0 Å². The van der Waals surface area contributed by atoms with Gasteiger partial charge in [-0.1, -0.05) is 36.8 Å². The van der Waals surface area contributed by atoms with Gasteiger partial charge in [-0.25, -0.2) is 0 Å². The van der Waals surface area contributed by atoms with Crippen molar-refractivity contribution in [1.29, 1.82) is 0 Å². The van der Waals surface area contributed by atoms with Gasteiger partial charge in [0, 0.05) is 6.04 Å². The predicted octanol–water partition coefficient (Wildman–Crippen LogP) is 1.72. The van der Waals surface area contributed by atoms with E-state index in [0.29, 0.717) is 0 Å². The van der Waals surface area contributed by atoms with Crippen molar-refractivity contribution in [2.24, 2.45) is 11.5 Å². The number of carbonyl (C=O) groups excluding carboxylic acids is 1. The molecule has 0 radical (unpaired) electrons. The molecule has 1 aromatic carbocycles. The first-order valence-electron chi connectivity index (χ1n) is 7.41. The Labute approximate surface area is 121 Å². The summed E-state index contributed by atoms with van der Waals surface area (Å²) in [5.41, 5.74) is 14.3. The molecule has 3 atom stereocenters. The number of likely N-dealkylation sites (tertiary alicyclic amines) is 1. The smallest absolute Gasteiger partial charge is 0.234 e. The average Bonchev–Trinajstić information content (AvgIpc) is 2.88. The molecule has 4 nitrogen and oxygen atoms in total. The first kappa shape index (κ1) is 15.0. The first-order chi connectivity index (χ1) is 9.54. The van der Waals surface area contributed by atoms with Crippen LogP contribution < -0.4 is 11.5 Å². The highest BCUT2D eigenvalue weighted by Gasteiger charge is 2.37. The lowest BCUT2D eigenvalue weighted by Crippen LogP contribution is -2.47. The van der Waals surface area contributed by atoms with Crippen molar-refractivity contribution in [3.63, 3.8) is 0 Å². The molecule has 3 unspecified atom stereocenters. The maximum absolute atomic E-state index is 11.7. The van der Waals surface area contributed by atoms with Gasteiger partial charge in [-0.2, -0.15) is 0 Å². The molecule has 110 valence electrons. The lowest BCUT2D eigenvalue weighted by Gasteiger charge is -2.35. The summed E-state index contributed by atoms with van der Waals surface area (Å²) in [5, 5.41) is 0. The van der Waals surface area contributed by atoms with Crippen molar-refractivity contribution >= 4 is 5.91 Å². The maximum Gasteiger partial charge on any atom is 0.234 e. The summed E-state index contributed by atoms with van der Waals surface area (Å²) >= 11 is 0. The summed E-state index contributed by atoms with van der Waals surface area (Å²) in [6.45, 7) is 5.05. The van der Waals surface area contributed by atoms with E-state index in [0.717, 1.165) is 25.8 Å². The fourth-order valence-corrected chi connectivity index (χ4v) is 3.19. The van der Waals surface area contributed by atoms with E-state index in [2.05, 4.69) is 43.0 Å². The summed E-state index contributed by atoms with van der Waals surface area (Å²) in [5.74, 6) is -0.233. The molecule has 1 fully saturated rings. The number of amides is 1. The minimum Gasteiger partial charge on any atom is -0.368 e. The zero-order valence-corrected chi connectivity index (χ0v) is 12.4. The van der Waals surface area contributed by atoms with Gasteiger partial charge in [0.05, 0.1) is 12.1 Å². The normalized spacial score (nSPS) is 22.6. The quantitative estimate of drug-likeness (QED) is 0.859. The molecule has 1 aliphatic heterocycles. The minimum absolute atomic E-state index is 0.0109. The number of hydrogen-bond acceptors (Lipinski definition) is 3. The van der Waals surface area contributed by atoms with E-state index in [1.807, 2.05) is 0 Å². The van der Waals surface area contributed by atoms with Crippen LogP contribution >= 0.6 is 0 Å². The molecule has 0 saturated carbocycles. The van der Waals surface area contributed by atoms with Gasteiger partial charge in [-0.15, -0.1) is 0 Å². The Morgan fingerprint density at radius 2 is 2.25 bits per heavy atom. The second kappa shape index (κ2) is 6.37. The van der Waals surface area contributed by atoms with Crippen molar-refractivity contribution in [2.45, 2.75) is 51.2 Å². The van der Waals surface area contributed by atoms with Gasteiger partial charge in [-0.05, 0) is 38.3 Å². The van der Waals surface area contributed by atoms with E-state index in [1.165, 1.54) is 11.1 Å². The van der Waals surface area contributed by atoms with Crippen LogP contribution in [0.5, 0.6) is 0 Å². The molecule has 0 aliphatic carbocycles. The molecule has 0 spiro atoms. The van der Waals surface area contributed by atoms with E-state index in [4.69, 9.17) is 11.5 Å². The van der Waals surface area contributed by atoms with E-state index >= 15 is 0 Å². The third kappa shape index (κ3) is 3.02. The number of benzene rings is 1. The minimum atomic E-state index is -0.233. The van der Waals surface area contributed by atoms with Crippen molar-refractivity contribution in [1.82, 2.24) is 4.90 Å². The zero-order valence-electron chi connectivity index (χ0n) is 12.4. The Bertz CT molecular complexity index is 475. The van der Waals surface area contributed by atoms with Gasteiger partial charge in [0.25, 0.3) is 0 Å². The molecule has 1 aromatic rings. The van der Waals surface area contributed by atoms with Gasteiger partial charge in [0.2, 0.25) is 5.91 Å². The molecule has 0 aromatic heterocycles. The first-order valence-corrected chi connectivity index (χ1v) is 7.41. The van der Waals surface area contributed by atoms with Gasteiger partial charge < -0.3 is 11.5 Å². The second-order valence-corrected chi connectivity index (χ2v) is 5.73. The van der Waals surface area contributed by atoms with Crippen LogP contribution in [0.2, 0.25) is 0 Å². The summed E-state index contributed by atoms with van der Waals surface area (Å²) in [4.78, 5) is 13.9. The van der Waals surface area contributed by atoms with Crippen LogP contribution in [0, 0.1) is 6.92 Å². The molecular weight excluding hydrogens is 250 g/mol. The largest absolute Gasteiger partial charge is 0.368 e. The van der Waals surface area contributed by atoms with Gasteiger partial charge >= 0.3 is 0 Å². The predicted molar refractivity (Wildman–Crippen MR) is 81.1 cm³/mol. The van der Waals surface area contributed by atoms with Crippen LogP contribution in [-0.2, 0) is 4.79 Å². The highest BCUT2D eigenvalue weighted by molar-refractivity contribution is 5.80. The Kier molecular flexibility index (Phi) is 4.78. The molecule has 1 amide bonds. The van der Waals surface area contributed by atoms with Crippen LogP contribution in [0.3, 0.4) is 0 Å². The number of nitrogens with zero attached hydrogens (tertiary/aromatic N) is 1. The number of aryl methyl sites for hydroxylation is 1. The average molecular weight is 275 g/mol. The maximum atomic E-state index is 11.7. The lowest BCUT2D eigenvalue weighted by atomic mass is 9.94. The standard InChI is InChI=1S/C16H25N3O/c1-3-13(17)15(12-7-4-6-11(2)10-12)19-9-5-8-14(19)16(18)20/h4,6-7,10,13-15H,3,5,8-9,17H2,1-2H3,(H2,18,20). The summed E-state index contributed by atoms with van der Waals surface area (Å²) in [6.07, 6.45) is 2.72. The number of carbonyl (C=O) groups is 1. The fraction of sp³-hybridized carbons (Fsp3) is 0.562. The van der Waals surface area contributed by atoms with Crippen molar-refractivity contribution in [3.05, 3.63) is 35.4 Å². The summed E-state index contributed by atoms with van der Waals surface area (Å²) in [6, 6.07) is 8.29. The third-order valence-corrected chi connectivity index (χ3v) is 4.24. The summed E-state index contributed by atoms with van der Waals surface area (Å²) in [7, 11) is 0. The molecule has 4 N–H and O–H groups in total. The Hall–Kier alpha value is -1.39. The fourth-order valence-electron chi connectivity index (χ4n) is 3.19.